The van der Waals surface area contributed by atoms with Crippen molar-refractivity contribution in [3.63, 3.8) is 0 Å². The van der Waals surface area contributed by atoms with E-state index < -0.39 is 5.82 Å². The van der Waals surface area contributed by atoms with Crippen molar-refractivity contribution in [2.24, 2.45) is 0 Å². The molecular weight excluding hydrogens is 461 g/mol. The SMILES string of the molecule is CCc1nn(-c2ccc(OC)cc2)c(Oc2cccc(OC)c2)c1CCC(=O)Nc1cccc(F)c1. The van der Waals surface area contributed by atoms with E-state index in [-0.39, 0.29) is 12.3 Å². The highest BCUT2D eigenvalue weighted by atomic mass is 19.1. The first kappa shape index (κ1) is 24.8. The largest absolute Gasteiger partial charge is 0.497 e. The summed E-state index contributed by atoms with van der Waals surface area (Å²) in [4.78, 5) is 12.7. The van der Waals surface area contributed by atoms with Crippen molar-refractivity contribution >= 4 is 11.6 Å². The lowest BCUT2D eigenvalue weighted by Gasteiger charge is -2.13. The monoisotopic (exact) mass is 489 g/mol. The van der Waals surface area contributed by atoms with Gasteiger partial charge in [-0.1, -0.05) is 19.1 Å². The zero-order chi connectivity index (χ0) is 25.5. The number of nitrogens with one attached hydrogen (secondary N) is 1. The Bertz CT molecular complexity index is 1340. The van der Waals surface area contributed by atoms with Crippen LogP contribution in [0.1, 0.15) is 24.6 Å². The first-order chi connectivity index (χ1) is 17.5. The van der Waals surface area contributed by atoms with Crippen molar-refractivity contribution in [3.8, 4) is 28.8 Å². The van der Waals surface area contributed by atoms with E-state index in [4.69, 9.17) is 19.3 Å². The summed E-state index contributed by atoms with van der Waals surface area (Å²) in [6.45, 7) is 2.01. The third-order valence-corrected chi connectivity index (χ3v) is 5.64. The van der Waals surface area contributed by atoms with Gasteiger partial charge in [0.2, 0.25) is 11.8 Å². The molecule has 0 unspecified atom stereocenters. The van der Waals surface area contributed by atoms with Crippen LogP contribution in [0, 0.1) is 5.82 Å². The van der Waals surface area contributed by atoms with Gasteiger partial charge in [-0.15, -0.1) is 0 Å². The average Bonchev–Trinajstić information content (AvgIpc) is 3.24. The molecule has 0 saturated carbocycles. The smallest absolute Gasteiger partial charge is 0.226 e. The molecule has 7 nitrogen and oxygen atoms in total. The molecule has 4 rings (SSSR count). The molecule has 0 fully saturated rings. The minimum atomic E-state index is -0.407. The molecule has 3 aromatic carbocycles. The summed E-state index contributed by atoms with van der Waals surface area (Å²) in [5, 5.41) is 7.55. The number of carbonyl (C=O) groups excluding carboxylic acids is 1. The first-order valence-corrected chi connectivity index (χ1v) is 11.6. The molecule has 0 radical (unpaired) electrons. The molecule has 0 atom stereocenters. The molecule has 36 heavy (non-hydrogen) atoms. The van der Waals surface area contributed by atoms with E-state index in [1.54, 1.807) is 37.1 Å². The highest BCUT2D eigenvalue weighted by Crippen LogP contribution is 2.34. The number of anilines is 1. The van der Waals surface area contributed by atoms with Gasteiger partial charge < -0.3 is 19.5 Å². The van der Waals surface area contributed by atoms with Crippen LogP contribution in [0.4, 0.5) is 10.1 Å². The molecule has 0 saturated heterocycles. The Balaban J connectivity index is 1.66. The van der Waals surface area contributed by atoms with Crippen LogP contribution < -0.4 is 19.5 Å². The molecule has 8 heteroatoms. The predicted octanol–water partition coefficient (Wildman–Crippen LogP) is 5.95. The topological polar surface area (TPSA) is 74.6 Å². The lowest BCUT2D eigenvalue weighted by atomic mass is 10.1. The molecule has 1 N–H and O–H groups in total. The van der Waals surface area contributed by atoms with E-state index >= 15 is 0 Å². The fourth-order valence-corrected chi connectivity index (χ4v) is 3.82. The van der Waals surface area contributed by atoms with Crippen molar-refractivity contribution in [1.29, 1.82) is 0 Å². The maximum Gasteiger partial charge on any atom is 0.226 e. The number of aromatic nitrogens is 2. The lowest BCUT2D eigenvalue weighted by Crippen LogP contribution is -2.13. The van der Waals surface area contributed by atoms with Crippen molar-refractivity contribution in [3.05, 3.63) is 89.9 Å². The highest BCUT2D eigenvalue weighted by Gasteiger charge is 2.21. The Kier molecular flexibility index (Phi) is 7.85. The Morgan fingerprint density at radius 1 is 0.944 bits per heavy atom. The predicted molar refractivity (Wildman–Crippen MR) is 136 cm³/mol. The summed E-state index contributed by atoms with van der Waals surface area (Å²) in [5.74, 6) is 1.85. The number of halogens is 1. The summed E-state index contributed by atoms with van der Waals surface area (Å²) in [5.41, 5.74) is 2.85. The molecule has 4 aromatic rings. The molecule has 1 heterocycles. The quantitative estimate of drug-likeness (QED) is 0.298. The molecule has 186 valence electrons. The van der Waals surface area contributed by atoms with Crippen LogP contribution >= 0.6 is 0 Å². The third kappa shape index (κ3) is 5.83. The van der Waals surface area contributed by atoms with E-state index in [9.17, 15) is 9.18 Å². The number of aryl methyl sites for hydroxylation is 1. The Hall–Kier alpha value is -4.33. The van der Waals surface area contributed by atoms with Crippen LogP contribution in [-0.4, -0.2) is 29.9 Å². The fraction of sp³-hybridized carbons (Fsp3) is 0.214. The van der Waals surface area contributed by atoms with Crippen LogP contribution in [0.25, 0.3) is 5.69 Å². The summed E-state index contributed by atoms with van der Waals surface area (Å²) < 4.78 is 32.2. The van der Waals surface area contributed by atoms with E-state index in [1.165, 1.54) is 12.1 Å². The van der Waals surface area contributed by atoms with Gasteiger partial charge in [-0.3, -0.25) is 4.79 Å². The van der Waals surface area contributed by atoms with Crippen molar-refractivity contribution in [2.75, 3.05) is 19.5 Å². The van der Waals surface area contributed by atoms with Gasteiger partial charge in [0.1, 0.15) is 23.1 Å². The summed E-state index contributed by atoms with van der Waals surface area (Å²) in [6.07, 6.45) is 1.21. The van der Waals surface area contributed by atoms with Gasteiger partial charge in [0.05, 0.1) is 25.6 Å². The molecule has 0 bridgehead atoms. The number of amides is 1. The number of methoxy groups -OCH3 is 2. The average molecular weight is 490 g/mol. The minimum Gasteiger partial charge on any atom is -0.497 e. The van der Waals surface area contributed by atoms with Crippen LogP contribution in [0.3, 0.4) is 0 Å². The number of hydrogen-bond acceptors (Lipinski definition) is 5. The van der Waals surface area contributed by atoms with Crippen molar-refractivity contribution < 1.29 is 23.4 Å². The molecule has 0 aliphatic heterocycles. The molecular formula is C28H28FN3O4. The highest BCUT2D eigenvalue weighted by molar-refractivity contribution is 5.90. The molecule has 1 amide bonds. The Morgan fingerprint density at radius 2 is 1.67 bits per heavy atom. The second-order valence-corrected chi connectivity index (χ2v) is 8.03. The zero-order valence-electron chi connectivity index (χ0n) is 20.5. The Morgan fingerprint density at radius 3 is 2.36 bits per heavy atom. The van der Waals surface area contributed by atoms with Crippen LogP contribution in [0.15, 0.2) is 72.8 Å². The van der Waals surface area contributed by atoms with Gasteiger partial charge >= 0.3 is 0 Å². The van der Waals surface area contributed by atoms with Crippen LogP contribution in [-0.2, 0) is 17.6 Å². The van der Waals surface area contributed by atoms with Crippen LogP contribution in [0.2, 0.25) is 0 Å². The number of rotatable bonds is 10. The van der Waals surface area contributed by atoms with Gasteiger partial charge in [0.15, 0.2) is 0 Å². The number of hydrogen-bond donors (Lipinski definition) is 1. The van der Waals surface area contributed by atoms with Gasteiger partial charge in [0.25, 0.3) is 0 Å². The number of carbonyl (C=O) groups is 1. The van der Waals surface area contributed by atoms with Crippen molar-refractivity contribution in [1.82, 2.24) is 9.78 Å². The minimum absolute atomic E-state index is 0.173. The number of nitrogens with zero attached hydrogens (tertiary/aromatic N) is 2. The molecule has 0 spiro atoms. The maximum atomic E-state index is 13.5. The zero-order valence-corrected chi connectivity index (χ0v) is 20.5. The fourth-order valence-electron chi connectivity index (χ4n) is 3.82. The summed E-state index contributed by atoms with van der Waals surface area (Å²) >= 11 is 0. The normalized spacial score (nSPS) is 10.7. The van der Waals surface area contributed by atoms with E-state index in [1.807, 2.05) is 49.4 Å². The summed E-state index contributed by atoms with van der Waals surface area (Å²) in [7, 11) is 3.21. The van der Waals surface area contributed by atoms with Crippen molar-refractivity contribution in [2.45, 2.75) is 26.2 Å². The van der Waals surface area contributed by atoms with Gasteiger partial charge in [0, 0.05) is 23.7 Å². The van der Waals surface area contributed by atoms with Gasteiger partial charge in [-0.25, -0.2) is 9.07 Å². The maximum absolute atomic E-state index is 13.5. The van der Waals surface area contributed by atoms with Gasteiger partial charge in [-0.05, 0) is 67.4 Å². The second-order valence-electron chi connectivity index (χ2n) is 8.03. The van der Waals surface area contributed by atoms with E-state index in [2.05, 4.69) is 5.32 Å². The first-order valence-electron chi connectivity index (χ1n) is 11.6. The Labute approximate surface area is 209 Å². The standard InChI is InChI=1S/C28H28FN3O4/c1-4-26-25(15-16-27(33)30-20-8-5-7-19(29)17-20)28(36-24-10-6-9-23(18-24)35-3)32(31-26)21-11-13-22(34-2)14-12-21/h5-14,17-18H,4,15-16H2,1-3H3,(H,30,33). The number of benzene rings is 3. The molecule has 1 aromatic heterocycles. The van der Waals surface area contributed by atoms with E-state index in [0.29, 0.717) is 35.9 Å². The van der Waals surface area contributed by atoms with Crippen LogP contribution in [0.5, 0.6) is 23.1 Å². The van der Waals surface area contributed by atoms with Gasteiger partial charge in [-0.2, -0.15) is 5.10 Å². The second kappa shape index (κ2) is 11.4. The number of ether oxygens (including phenoxy) is 3. The third-order valence-electron chi connectivity index (χ3n) is 5.64. The summed E-state index contributed by atoms with van der Waals surface area (Å²) in [6, 6.07) is 20.6. The van der Waals surface area contributed by atoms with E-state index in [0.717, 1.165) is 22.7 Å². The lowest BCUT2D eigenvalue weighted by molar-refractivity contribution is -0.116. The molecule has 0 aliphatic rings. The molecule has 0 aliphatic carbocycles.